The summed E-state index contributed by atoms with van der Waals surface area (Å²) in [7, 11) is 0. The lowest BCUT2D eigenvalue weighted by Gasteiger charge is -2.26. The summed E-state index contributed by atoms with van der Waals surface area (Å²) in [5.41, 5.74) is -0.254. The van der Waals surface area contributed by atoms with Crippen LogP contribution < -0.4 is 5.32 Å². The molecule has 0 fully saturated rings. The van der Waals surface area contributed by atoms with E-state index in [-0.39, 0.29) is 0 Å². The highest BCUT2D eigenvalue weighted by Gasteiger charge is 2.40. The SMILES string of the molecule is CCC1C(c2ccc(C(F)(F)F)cc2)=C(O)C(=O)N1CCCCNCCCN1C(=O)C(O)=C(c2ccc(C(F)(F)F)cc2)C1CC. The summed E-state index contributed by atoms with van der Waals surface area (Å²) in [5.74, 6) is -2.02. The highest BCUT2D eigenvalue weighted by molar-refractivity contribution is 6.05. The zero-order valence-corrected chi connectivity index (χ0v) is 25.5. The average molecular weight is 654 g/mol. The second-order valence-corrected chi connectivity index (χ2v) is 11.3. The van der Waals surface area contributed by atoms with Crippen LogP contribution in [0.15, 0.2) is 60.0 Å². The summed E-state index contributed by atoms with van der Waals surface area (Å²) in [6, 6.07) is 7.86. The third kappa shape index (κ3) is 7.35. The van der Waals surface area contributed by atoms with Gasteiger partial charge in [0.2, 0.25) is 0 Å². The molecule has 0 bridgehead atoms. The number of hydrogen-bond acceptors (Lipinski definition) is 5. The number of carbonyl (C=O) groups excluding carboxylic acids is 2. The first-order valence-corrected chi connectivity index (χ1v) is 15.2. The first-order valence-electron chi connectivity index (χ1n) is 15.2. The van der Waals surface area contributed by atoms with Gasteiger partial charge in [0.1, 0.15) is 0 Å². The van der Waals surface area contributed by atoms with Gasteiger partial charge in [-0.25, -0.2) is 0 Å². The Morgan fingerprint density at radius 3 is 1.37 bits per heavy atom. The number of benzene rings is 2. The van der Waals surface area contributed by atoms with Crippen molar-refractivity contribution in [2.75, 3.05) is 26.2 Å². The Kier molecular flexibility index (Phi) is 10.8. The fraction of sp³-hybridized carbons (Fsp3) is 0.455. The monoisotopic (exact) mass is 653 g/mol. The van der Waals surface area contributed by atoms with Gasteiger partial charge in [-0.15, -0.1) is 0 Å². The third-order valence-corrected chi connectivity index (χ3v) is 8.43. The predicted molar refractivity (Wildman–Crippen MR) is 160 cm³/mol. The summed E-state index contributed by atoms with van der Waals surface area (Å²) >= 11 is 0. The molecule has 4 rings (SSSR count). The highest BCUT2D eigenvalue weighted by Crippen LogP contribution is 2.38. The fourth-order valence-corrected chi connectivity index (χ4v) is 6.14. The van der Waals surface area contributed by atoms with Crippen LogP contribution in [0, 0.1) is 0 Å². The molecule has 7 nitrogen and oxygen atoms in total. The first-order chi connectivity index (χ1) is 21.7. The van der Waals surface area contributed by atoms with Gasteiger partial charge < -0.3 is 25.3 Å². The quantitative estimate of drug-likeness (QED) is 0.161. The van der Waals surface area contributed by atoms with E-state index >= 15 is 0 Å². The van der Waals surface area contributed by atoms with Crippen LogP contribution in [0.2, 0.25) is 0 Å². The van der Waals surface area contributed by atoms with Crippen LogP contribution in [-0.4, -0.2) is 70.1 Å². The van der Waals surface area contributed by atoms with Crippen molar-refractivity contribution >= 4 is 23.0 Å². The van der Waals surface area contributed by atoms with E-state index in [9.17, 15) is 46.1 Å². The van der Waals surface area contributed by atoms with E-state index in [0.29, 0.717) is 80.6 Å². The number of amides is 2. The number of aliphatic hydroxyl groups excluding tert-OH is 2. The van der Waals surface area contributed by atoms with Crippen LogP contribution >= 0.6 is 0 Å². The second-order valence-electron chi connectivity index (χ2n) is 11.3. The van der Waals surface area contributed by atoms with Gasteiger partial charge in [0.15, 0.2) is 11.5 Å². The Hall–Kier alpha value is -4.00. The Bertz CT molecular complexity index is 1350. The lowest BCUT2D eigenvalue weighted by molar-refractivity contribution is -0.138. The predicted octanol–water partition coefficient (Wildman–Crippen LogP) is 6.96. The van der Waals surface area contributed by atoms with Crippen molar-refractivity contribution in [1.29, 1.82) is 0 Å². The number of hydrogen-bond donors (Lipinski definition) is 3. The first kappa shape index (κ1) is 34.9. The van der Waals surface area contributed by atoms with Crippen LogP contribution in [0.4, 0.5) is 26.3 Å². The molecule has 2 aromatic rings. The minimum Gasteiger partial charge on any atom is -0.503 e. The van der Waals surface area contributed by atoms with E-state index < -0.39 is 58.9 Å². The standard InChI is InChI=1S/C33H37F6N3O4/c1-3-24-26(20-8-12-22(13-9-20)32(34,35)36)28(43)30(45)41(24)18-6-5-16-40-17-7-19-42-25(4-2)27(29(44)31(42)46)21-10-14-23(15-11-21)33(37,38)39/h8-15,24-25,40,43-44H,3-7,16-19H2,1-2H3. The number of nitrogens with zero attached hydrogens (tertiary/aromatic N) is 2. The summed E-state index contributed by atoms with van der Waals surface area (Å²) in [6.45, 7) is 5.52. The van der Waals surface area contributed by atoms with Gasteiger partial charge >= 0.3 is 12.4 Å². The number of nitrogens with one attached hydrogen (secondary N) is 1. The molecule has 0 saturated carbocycles. The van der Waals surface area contributed by atoms with Crippen LogP contribution in [0.5, 0.6) is 0 Å². The van der Waals surface area contributed by atoms with Gasteiger partial charge in [-0.05, 0) is 80.6 Å². The number of rotatable bonds is 13. The van der Waals surface area contributed by atoms with Gasteiger partial charge in [-0.2, -0.15) is 26.3 Å². The van der Waals surface area contributed by atoms with Crippen LogP contribution in [0.3, 0.4) is 0 Å². The molecule has 2 aliphatic heterocycles. The summed E-state index contributed by atoms with van der Waals surface area (Å²) in [6.07, 6.45) is -6.17. The number of carbonyl (C=O) groups is 2. The van der Waals surface area contributed by atoms with Crippen molar-refractivity contribution in [2.45, 2.75) is 70.4 Å². The van der Waals surface area contributed by atoms with E-state index in [1.807, 2.05) is 13.8 Å². The maximum Gasteiger partial charge on any atom is 0.416 e. The Morgan fingerprint density at radius 2 is 1.00 bits per heavy atom. The van der Waals surface area contributed by atoms with Gasteiger partial charge in [0.25, 0.3) is 11.8 Å². The molecule has 0 radical (unpaired) electrons. The van der Waals surface area contributed by atoms with E-state index in [4.69, 9.17) is 0 Å². The summed E-state index contributed by atoms with van der Waals surface area (Å²) < 4.78 is 77.8. The molecular weight excluding hydrogens is 616 g/mol. The van der Waals surface area contributed by atoms with Crippen molar-refractivity contribution in [3.63, 3.8) is 0 Å². The molecule has 46 heavy (non-hydrogen) atoms. The van der Waals surface area contributed by atoms with Crippen molar-refractivity contribution in [1.82, 2.24) is 15.1 Å². The lowest BCUT2D eigenvalue weighted by atomic mass is 9.96. The molecule has 0 spiro atoms. The van der Waals surface area contributed by atoms with Crippen molar-refractivity contribution in [3.05, 3.63) is 82.3 Å². The lowest BCUT2D eigenvalue weighted by Crippen LogP contribution is -2.37. The van der Waals surface area contributed by atoms with E-state index in [1.54, 1.807) is 4.90 Å². The zero-order chi connectivity index (χ0) is 33.8. The molecular formula is C33H37F6N3O4. The second kappa shape index (κ2) is 14.2. The largest absolute Gasteiger partial charge is 0.503 e. The molecule has 13 heteroatoms. The zero-order valence-electron chi connectivity index (χ0n) is 25.5. The molecule has 2 atom stereocenters. The van der Waals surface area contributed by atoms with Crippen LogP contribution in [0.25, 0.3) is 11.1 Å². The molecule has 0 aliphatic carbocycles. The molecule has 2 aromatic carbocycles. The van der Waals surface area contributed by atoms with Gasteiger partial charge in [-0.1, -0.05) is 38.1 Å². The van der Waals surface area contributed by atoms with Crippen molar-refractivity contribution in [2.24, 2.45) is 0 Å². The summed E-state index contributed by atoms with van der Waals surface area (Å²) in [4.78, 5) is 28.7. The summed E-state index contributed by atoms with van der Waals surface area (Å²) in [5, 5.41) is 24.4. The minimum absolute atomic E-state index is 0.318. The molecule has 3 N–H and O–H groups in total. The smallest absolute Gasteiger partial charge is 0.416 e. The molecule has 2 unspecified atom stereocenters. The van der Waals surface area contributed by atoms with Gasteiger partial charge in [0.05, 0.1) is 23.2 Å². The van der Waals surface area contributed by atoms with E-state index in [1.165, 1.54) is 29.2 Å². The van der Waals surface area contributed by atoms with Crippen molar-refractivity contribution in [3.8, 4) is 0 Å². The Balaban J connectivity index is 1.22. The Labute approximate surface area is 263 Å². The molecule has 2 heterocycles. The molecule has 0 aromatic heterocycles. The topological polar surface area (TPSA) is 93.1 Å². The van der Waals surface area contributed by atoms with E-state index in [0.717, 1.165) is 24.3 Å². The molecule has 250 valence electrons. The fourth-order valence-electron chi connectivity index (χ4n) is 6.14. The number of aliphatic hydroxyl groups is 2. The van der Waals surface area contributed by atoms with Crippen molar-refractivity contribution < 1.29 is 46.1 Å². The Morgan fingerprint density at radius 1 is 0.630 bits per heavy atom. The highest BCUT2D eigenvalue weighted by atomic mass is 19.4. The number of halogens is 6. The third-order valence-electron chi connectivity index (χ3n) is 8.43. The van der Waals surface area contributed by atoms with Crippen LogP contribution in [0.1, 0.15) is 68.2 Å². The van der Waals surface area contributed by atoms with Gasteiger partial charge in [0, 0.05) is 24.2 Å². The van der Waals surface area contributed by atoms with Crippen LogP contribution in [-0.2, 0) is 21.9 Å². The molecule has 2 amide bonds. The maximum atomic E-state index is 13.0. The molecule has 2 aliphatic rings. The molecule has 0 saturated heterocycles. The normalized spacial score (nSPS) is 19.3. The average Bonchev–Trinajstić information content (AvgIpc) is 3.40. The van der Waals surface area contributed by atoms with Gasteiger partial charge in [-0.3, -0.25) is 9.59 Å². The maximum absolute atomic E-state index is 13.0. The van der Waals surface area contributed by atoms with E-state index in [2.05, 4.69) is 5.32 Å². The number of unbranched alkanes of at least 4 members (excludes halogenated alkanes) is 1. The minimum atomic E-state index is -4.49. The number of alkyl halides is 6.